The Hall–Kier alpha value is -1.70. The maximum absolute atomic E-state index is 4.60. The quantitative estimate of drug-likeness (QED) is 0.740. The fraction of sp³-hybridized carbons (Fsp3) is 0.231. The van der Waals surface area contributed by atoms with Crippen LogP contribution in [0.1, 0.15) is 25.2 Å². The van der Waals surface area contributed by atoms with Gasteiger partial charge in [-0.2, -0.15) is 0 Å². The van der Waals surface area contributed by atoms with E-state index >= 15 is 0 Å². The summed E-state index contributed by atoms with van der Waals surface area (Å²) in [7, 11) is 0. The van der Waals surface area contributed by atoms with Crippen LogP contribution in [0, 0.1) is 0 Å². The van der Waals surface area contributed by atoms with Crippen LogP contribution >= 0.6 is 0 Å². The number of rotatable bonds is 2. The van der Waals surface area contributed by atoms with E-state index in [1.807, 2.05) is 43.3 Å². The van der Waals surface area contributed by atoms with Crippen LogP contribution in [0.5, 0.6) is 0 Å². The number of benzene rings is 1. The molecule has 15 heavy (non-hydrogen) atoms. The second kappa shape index (κ2) is 4.22. The van der Waals surface area contributed by atoms with Crippen molar-refractivity contribution in [1.82, 2.24) is 9.97 Å². The van der Waals surface area contributed by atoms with Crippen molar-refractivity contribution < 1.29 is 0 Å². The number of aromatic nitrogens is 2. The molecule has 0 radical (unpaired) electrons. The molecular weight excluding hydrogens is 184 g/mol. The summed E-state index contributed by atoms with van der Waals surface area (Å²) in [4.78, 5) is 9.18. The molecule has 0 saturated carbocycles. The Labute approximate surface area is 89.7 Å². The van der Waals surface area contributed by atoms with Crippen LogP contribution in [0.15, 0.2) is 30.3 Å². The van der Waals surface area contributed by atoms with Crippen LogP contribution < -0.4 is 0 Å². The van der Waals surface area contributed by atoms with Gasteiger partial charge < -0.3 is 0 Å². The van der Waals surface area contributed by atoms with E-state index in [4.69, 9.17) is 0 Å². The second-order valence-electron chi connectivity index (χ2n) is 3.40. The molecule has 1 heterocycles. The lowest BCUT2D eigenvalue weighted by molar-refractivity contribution is 1.02. The third-order valence-corrected chi connectivity index (χ3v) is 2.33. The summed E-state index contributed by atoms with van der Waals surface area (Å²) in [5.41, 5.74) is 3.98. The van der Waals surface area contributed by atoms with Crippen molar-refractivity contribution in [2.75, 3.05) is 0 Å². The molecule has 1 aromatic carbocycles. The Morgan fingerprint density at radius 3 is 2.40 bits per heavy atom. The predicted octanol–water partition coefficient (Wildman–Crippen LogP) is 3.23. The van der Waals surface area contributed by atoms with Crippen LogP contribution in [0.2, 0.25) is 0 Å². The molecule has 0 atom stereocenters. The van der Waals surface area contributed by atoms with E-state index in [0.717, 1.165) is 28.8 Å². The van der Waals surface area contributed by atoms with Crippen LogP contribution in [0.4, 0.5) is 0 Å². The van der Waals surface area contributed by atoms with Crippen LogP contribution in [0.25, 0.3) is 17.1 Å². The Kier molecular flexibility index (Phi) is 2.77. The van der Waals surface area contributed by atoms with Crippen LogP contribution in [-0.2, 0) is 6.42 Å². The molecule has 0 unspecified atom stereocenters. The topological polar surface area (TPSA) is 25.8 Å². The Morgan fingerprint density at radius 2 is 1.80 bits per heavy atom. The summed E-state index contributed by atoms with van der Waals surface area (Å²) in [6.07, 6.45) is 4.92. The standard InChI is InChI=1S/C13H14N2/c1-3-7-11-10(4-2)14-12-8-5-6-9-13(12)15-11/h3,5-9H,4H2,1-2H3/b7-3+. The molecule has 0 aliphatic rings. The number of aryl methyl sites for hydroxylation is 1. The largest absolute Gasteiger partial charge is 0.249 e. The lowest BCUT2D eigenvalue weighted by Gasteiger charge is -2.04. The van der Waals surface area contributed by atoms with Crippen LogP contribution in [0.3, 0.4) is 0 Å². The summed E-state index contributed by atoms with van der Waals surface area (Å²) in [6, 6.07) is 7.98. The fourth-order valence-corrected chi connectivity index (χ4v) is 1.60. The molecule has 0 saturated heterocycles. The molecule has 0 aliphatic carbocycles. The zero-order valence-corrected chi connectivity index (χ0v) is 9.07. The molecule has 2 nitrogen and oxygen atoms in total. The summed E-state index contributed by atoms with van der Waals surface area (Å²) >= 11 is 0. The molecular formula is C13H14N2. The number of allylic oxidation sites excluding steroid dienone is 1. The van der Waals surface area contributed by atoms with Gasteiger partial charge in [-0.1, -0.05) is 25.1 Å². The Bertz CT molecular complexity index is 501. The first-order valence-electron chi connectivity index (χ1n) is 5.23. The van der Waals surface area contributed by atoms with E-state index in [1.165, 1.54) is 0 Å². The SMILES string of the molecule is C/C=C/c1nc2ccccc2nc1CC. The highest BCUT2D eigenvalue weighted by molar-refractivity contribution is 5.75. The highest BCUT2D eigenvalue weighted by Gasteiger charge is 2.03. The van der Waals surface area contributed by atoms with E-state index in [2.05, 4.69) is 16.9 Å². The number of nitrogens with zero attached hydrogens (tertiary/aromatic N) is 2. The zero-order valence-electron chi connectivity index (χ0n) is 9.07. The third kappa shape index (κ3) is 1.89. The average Bonchev–Trinajstić information content (AvgIpc) is 2.28. The van der Waals surface area contributed by atoms with E-state index in [-0.39, 0.29) is 0 Å². The molecule has 0 amide bonds. The Morgan fingerprint density at radius 1 is 1.13 bits per heavy atom. The Balaban J connectivity index is 2.69. The summed E-state index contributed by atoms with van der Waals surface area (Å²) in [5, 5.41) is 0. The molecule has 1 aromatic heterocycles. The van der Waals surface area contributed by atoms with Gasteiger partial charge in [0, 0.05) is 0 Å². The number of hydrogen-bond donors (Lipinski definition) is 0. The van der Waals surface area contributed by atoms with Gasteiger partial charge in [0.25, 0.3) is 0 Å². The van der Waals surface area contributed by atoms with E-state index < -0.39 is 0 Å². The number of fused-ring (bicyclic) bond motifs is 1. The van der Waals surface area contributed by atoms with Crippen LogP contribution in [-0.4, -0.2) is 9.97 Å². The molecule has 2 heteroatoms. The van der Waals surface area contributed by atoms with Gasteiger partial charge in [-0.3, -0.25) is 0 Å². The minimum absolute atomic E-state index is 0.914. The minimum Gasteiger partial charge on any atom is -0.249 e. The summed E-state index contributed by atoms with van der Waals surface area (Å²) < 4.78 is 0. The first-order chi connectivity index (χ1) is 7.35. The van der Waals surface area contributed by atoms with Gasteiger partial charge in [-0.25, -0.2) is 9.97 Å². The van der Waals surface area contributed by atoms with Crippen molar-refractivity contribution >= 4 is 17.1 Å². The van der Waals surface area contributed by atoms with Gasteiger partial charge in [-0.05, 0) is 31.6 Å². The van der Waals surface area contributed by atoms with E-state index in [9.17, 15) is 0 Å². The van der Waals surface area contributed by atoms with E-state index in [0.29, 0.717) is 0 Å². The van der Waals surface area contributed by atoms with Crippen molar-refractivity contribution in [3.8, 4) is 0 Å². The summed E-state index contributed by atoms with van der Waals surface area (Å²) in [6.45, 7) is 4.10. The molecule has 0 spiro atoms. The molecule has 2 rings (SSSR count). The molecule has 0 fully saturated rings. The molecule has 0 N–H and O–H groups in total. The van der Waals surface area contributed by atoms with Crippen molar-refractivity contribution in [2.45, 2.75) is 20.3 Å². The average molecular weight is 198 g/mol. The fourth-order valence-electron chi connectivity index (χ4n) is 1.60. The molecule has 0 aliphatic heterocycles. The molecule has 2 aromatic rings. The lowest BCUT2D eigenvalue weighted by Crippen LogP contribution is -1.96. The van der Waals surface area contributed by atoms with Gasteiger partial charge >= 0.3 is 0 Å². The number of para-hydroxylation sites is 2. The molecule has 0 bridgehead atoms. The smallest absolute Gasteiger partial charge is 0.0894 e. The highest BCUT2D eigenvalue weighted by atomic mass is 14.8. The zero-order chi connectivity index (χ0) is 10.7. The van der Waals surface area contributed by atoms with Gasteiger partial charge in [0.05, 0.1) is 22.4 Å². The van der Waals surface area contributed by atoms with Crippen molar-refractivity contribution in [3.05, 3.63) is 41.7 Å². The highest BCUT2D eigenvalue weighted by Crippen LogP contribution is 2.14. The van der Waals surface area contributed by atoms with Gasteiger partial charge in [0.1, 0.15) is 0 Å². The second-order valence-corrected chi connectivity index (χ2v) is 3.40. The lowest BCUT2D eigenvalue weighted by atomic mass is 10.2. The normalized spacial score (nSPS) is 11.3. The van der Waals surface area contributed by atoms with Gasteiger partial charge in [-0.15, -0.1) is 0 Å². The van der Waals surface area contributed by atoms with Crippen molar-refractivity contribution in [1.29, 1.82) is 0 Å². The minimum atomic E-state index is 0.914. The van der Waals surface area contributed by atoms with Gasteiger partial charge in [0.15, 0.2) is 0 Å². The third-order valence-electron chi connectivity index (χ3n) is 2.33. The maximum Gasteiger partial charge on any atom is 0.0894 e. The first-order valence-corrected chi connectivity index (χ1v) is 5.23. The number of hydrogen-bond acceptors (Lipinski definition) is 2. The molecule has 76 valence electrons. The first kappa shape index (κ1) is 9.84. The monoisotopic (exact) mass is 198 g/mol. The summed E-state index contributed by atoms with van der Waals surface area (Å²) in [5.74, 6) is 0. The van der Waals surface area contributed by atoms with E-state index in [1.54, 1.807) is 0 Å². The maximum atomic E-state index is 4.60. The van der Waals surface area contributed by atoms with Crippen molar-refractivity contribution in [2.24, 2.45) is 0 Å². The predicted molar refractivity (Wildman–Crippen MR) is 63.6 cm³/mol. The van der Waals surface area contributed by atoms with Crippen molar-refractivity contribution in [3.63, 3.8) is 0 Å². The van der Waals surface area contributed by atoms with Gasteiger partial charge in [0.2, 0.25) is 0 Å².